The normalized spacial score (nSPS) is 10.0. The van der Waals surface area contributed by atoms with Gasteiger partial charge in [-0.2, -0.15) is 0 Å². The van der Waals surface area contributed by atoms with E-state index in [2.05, 4.69) is 27.4 Å². The zero-order chi connectivity index (χ0) is 10.2. The second-order valence-corrected chi connectivity index (χ2v) is 7.97. The average Bonchev–Trinajstić information content (AvgIpc) is 2.02. The average molecular weight is 194 g/mol. The van der Waals surface area contributed by atoms with Crippen LogP contribution >= 0.6 is 7.26 Å². The van der Waals surface area contributed by atoms with E-state index in [1.54, 1.807) is 0 Å². The van der Waals surface area contributed by atoms with Gasteiger partial charge in [0.2, 0.25) is 6.16 Å². The smallest absolute Gasteiger partial charge is 0.249 e. The first-order valence-corrected chi connectivity index (χ1v) is 6.94. The van der Waals surface area contributed by atoms with Gasteiger partial charge in [0, 0.05) is 13.9 Å². The lowest BCUT2D eigenvalue weighted by molar-refractivity contribution is -0.275. The molecule has 0 aliphatic heterocycles. The second kappa shape index (κ2) is 7.35. The largest absolute Gasteiger partial charge is 0.565 e. The first-order valence-electron chi connectivity index (χ1n) is 4.15. The standard InChI is InChI=1S/C7H18P.CH2O3/c1-5-8(4,6-2)7-3;2-1(3)4/h5-7H2,1-4H3;(H2,2,3,4)/q+1;/p-1. The van der Waals surface area contributed by atoms with Gasteiger partial charge in [-0.05, 0) is 20.8 Å². The Bertz CT molecular complexity index is 109. The maximum absolute atomic E-state index is 8.44. The van der Waals surface area contributed by atoms with Crippen LogP contribution in [0.15, 0.2) is 0 Å². The molecule has 0 aromatic carbocycles. The summed E-state index contributed by atoms with van der Waals surface area (Å²) >= 11 is 0. The van der Waals surface area contributed by atoms with Crippen LogP contribution in [0.25, 0.3) is 0 Å². The van der Waals surface area contributed by atoms with Crippen LogP contribution in [0.4, 0.5) is 4.79 Å². The van der Waals surface area contributed by atoms with Gasteiger partial charge in [0.15, 0.2) is 0 Å². The third-order valence-corrected chi connectivity index (χ3v) is 6.87. The zero-order valence-electron chi connectivity index (χ0n) is 8.33. The van der Waals surface area contributed by atoms with Gasteiger partial charge in [-0.15, -0.1) is 0 Å². The lowest BCUT2D eigenvalue weighted by Crippen LogP contribution is -2.17. The lowest BCUT2D eigenvalue weighted by Gasteiger charge is -2.16. The van der Waals surface area contributed by atoms with Gasteiger partial charge in [0.1, 0.15) is 0 Å². The Morgan fingerprint density at radius 1 is 1.25 bits per heavy atom. The molecular weight excluding hydrogens is 175 g/mol. The highest BCUT2D eigenvalue weighted by atomic mass is 31.2. The fourth-order valence-corrected chi connectivity index (χ4v) is 2.01. The number of carboxylic acid groups (broad SMARTS) is 2. The monoisotopic (exact) mass is 194 g/mol. The molecule has 12 heavy (non-hydrogen) atoms. The summed E-state index contributed by atoms with van der Waals surface area (Å²) in [5, 5.41) is 15.3. The van der Waals surface area contributed by atoms with Gasteiger partial charge in [-0.1, -0.05) is 0 Å². The topological polar surface area (TPSA) is 60.4 Å². The van der Waals surface area contributed by atoms with Gasteiger partial charge >= 0.3 is 0 Å². The molecule has 1 N–H and O–H groups in total. The van der Waals surface area contributed by atoms with E-state index in [0.29, 0.717) is 0 Å². The van der Waals surface area contributed by atoms with Crippen molar-refractivity contribution in [3.63, 3.8) is 0 Å². The van der Waals surface area contributed by atoms with Crippen LogP contribution in [0, 0.1) is 0 Å². The van der Waals surface area contributed by atoms with Crippen LogP contribution < -0.4 is 5.11 Å². The van der Waals surface area contributed by atoms with Crippen molar-refractivity contribution in [1.82, 2.24) is 0 Å². The van der Waals surface area contributed by atoms with Crippen LogP contribution in [0.5, 0.6) is 0 Å². The van der Waals surface area contributed by atoms with Crippen molar-refractivity contribution in [3.05, 3.63) is 0 Å². The minimum Gasteiger partial charge on any atom is -0.565 e. The number of hydrogen-bond acceptors (Lipinski definition) is 2. The van der Waals surface area contributed by atoms with E-state index in [1.165, 1.54) is 18.5 Å². The summed E-state index contributed by atoms with van der Waals surface area (Å²) in [6.45, 7) is 9.43. The summed E-state index contributed by atoms with van der Waals surface area (Å²) in [4.78, 5) is 8.44. The van der Waals surface area contributed by atoms with E-state index in [9.17, 15) is 0 Å². The molecule has 0 unspecified atom stereocenters. The number of carbonyl (C=O) groups is 1. The summed E-state index contributed by atoms with van der Waals surface area (Å²) in [6, 6.07) is 0. The SMILES string of the molecule is CC[P+](C)(CC)CC.O=C([O-])O. The molecule has 0 spiro atoms. The van der Waals surface area contributed by atoms with Crippen molar-refractivity contribution in [2.45, 2.75) is 20.8 Å². The molecule has 0 aliphatic rings. The van der Waals surface area contributed by atoms with Gasteiger partial charge in [-0.25, -0.2) is 0 Å². The Hall–Kier alpha value is -0.300. The van der Waals surface area contributed by atoms with Crippen molar-refractivity contribution < 1.29 is 15.0 Å². The molecule has 0 aliphatic carbocycles. The van der Waals surface area contributed by atoms with Gasteiger partial charge < -0.3 is 15.0 Å². The molecule has 0 radical (unpaired) electrons. The van der Waals surface area contributed by atoms with Gasteiger partial charge in [0.25, 0.3) is 0 Å². The van der Waals surface area contributed by atoms with E-state index in [1.807, 2.05) is 0 Å². The van der Waals surface area contributed by atoms with Crippen LogP contribution in [0.2, 0.25) is 0 Å². The first-order chi connectivity index (χ1) is 5.41. The molecule has 0 aromatic rings. The Morgan fingerprint density at radius 3 is 1.42 bits per heavy atom. The van der Waals surface area contributed by atoms with Gasteiger partial charge in [0.05, 0.1) is 18.5 Å². The molecule has 3 nitrogen and oxygen atoms in total. The Morgan fingerprint density at radius 2 is 1.42 bits per heavy atom. The third kappa shape index (κ3) is 9.70. The minimum absolute atomic E-state index is 0.412. The second-order valence-electron chi connectivity index (χ2n) is 2.83. The van der Waals surface area contributed by atoms with E-state index in [4.69, 9.17) is 15.0 Å². The van der Waals surface area contributed by atoms with Crippen molar-refractivity contribution in [2.75, 3.05) is 25.2 Å². The Balaban J connectivity index is 0. The number of hydrogen-bond donors (Lipinski definition) is 1. The molecule has 0 heterocycles. The molecule has 0 rings (SSSR count). The van der Waals surface area contributed by atoms with E-state index >= 15 is 0 Å². The molecule has 0 aromatic heterocycles. The number of rotatable bonds is 3. The van der Waals surface area contributed by atoms with Crippen LogP contribution in [0.1, 0.15) is 20.8 Å². The van der Waals surface area contributed by atoms with Crippen molar-refractivity contribution in [1.29, 1.82) is 0 Å². The van der Waals surface area contributed by atoms with Crippen LogP contribution in [-0.4, -0.2) is 36.4 Å². The molecule has 0 bridgehead atoms. The van der Waals surface area contributed by atoms with Crippen LogP contribution in [-0.2, 0) is 0 Å². The molecule has 0 amide bonds. The fraction of sp³-hybridized carbons (Fsp3) is 0.875. The van der Waals surface area contributed by atoms with Crippen molar-refractivity contribution in [3.8, 4) is 0 Å². The summed E-state index contributed by atoms with van der Waals surface area (Å²) in [6.07, 6.45) is 2.21. The molecule has 0 atom stereocenters. The molecule has 0 saturated heterocycles. The fourth-order valence-electron chi connectivity index (χ4n) is 0.671. The van der Waals surface area contributed by atoms with Crippen molar-refractivity contribution >= 4 is 13.4 Å². The van der Waals surface area contributed by atoms with Crippen molar-refractivity contribution in [2.24, 2.45) is 0 Å². The summed E-state index contributed by atoms with van der Waals surface area (Å²) in [7, 11) is -0.412. The quantitative estimate of drug-likeness (QED) is 0.694. The summed E-state index contributed by atoms with van der Waals surface area (Å²) in [5.41, 5.74) is 0. The van der Waals surface area contributed by atoms with Crippen LogP contribution in [0.3, 0.4) is 0 Å². The molecule has 0 fully saturated rings. The highest BCUT2D eigenvalue weighted by Gasteiger charge is 2.22. The molecular formula is C8H19O3P. The maximum Gasteiger partial charge on any atom is 0.249 e. The molecule has 4 heteroatoms. The lowest BCUT2D eigenvalue weighted by atomic mass is 10.9. The van der Waals surface area contributed by atoms with E-state index in [-0.39, 0.29) is 0 Å². The Labute approximate surface area is 75.1 Å². The highest BCUT2D eigenvalue weighted by molar-refractivity contribution is 7.75. The van der Waals surface area contributed by atoms with Gasteiger partial charge in [-0.3, -0.25) is 0 Å². The summed E-state index contributed by atoms with van der Waals surface area (Å²) in [5.74, 6) is 0. The zero-order valence-corrected chi connectivity index (χ0v) is 9.23. The van der Waals surface area contributed by atoms with E-state index in [0.717, 1.165) is 0 Å². The molecule has 0 saturated carbocycles. The minimum atomic E-state index is -2.08. The predicted octanol–water partition coefficient (Wildman–Crippen LogP) is 1.58. The maximum atomic E-state index is 8.44. The predicted molar refractivity (Wildman–Crippen MR) is 52.5 cm³/mol. The summed E-state index contributed by atoms with van der Waals surface area (Å²) < 4.78 is 0. The molecule has 74 valence electrons. The Kier molecular flexibility index (Phi) is 8.73. The van der Waals surface area contributed by atoms with E-state index < -0.39 is 13.4 Å². The highest BCUT2D eigenvalue weighted by Crippen LogP contribution is 2.53. The first kappa shape index (κ1) is 14.2. The third-order valence-electron chi connectivity index (χ3n) is 2.29.